The predicted molar refractivity (Wildman–Crippen MR) is 53.5 cm³/mol. The maximum Gasteiger partial charge on any atom is 0.132 e. The van der Waals surface area contributed by atoms with Gasteiger partial charge in [-0.2, -0.15) is 0 Å². The van der Waals surface area contributed by atoms with E-state index < -0.39 is 17.2 Å². The first-order valence-electron chi connectivity index (χ1n) is 5.27. The molecule has 1 aliphatic rings. The molecule has 0 fully saturated rings. The Balaban J connectivity index is 2.61. The normalized spacial score (nSPS) is 25.1. The summed E-state index contributed by atoms with van der Waals surface area (Å²) in [5.41, 5.74) is -0.188. The molecule has 1 atom stereocenters. The van der Waals surface area contributed by atoms with Gasteiger partial charge in [0.2, 0.25) is 0 Å². The number of halogens is 2. The highest BCUT2D eigenvalue weighted by molar-refractivity contribution is 5.36. The summed E-state index contributed by atoms with van der Waals surface area (Å²) >= 11 is 0. The number of rotatable bonds is 1. The number of hydrogen-bond acceptors (Lipinski definition) is 1. The smallest absolute Gasteiger partial charge is 0.132 e. The highest BCUT2D eigenvalue weighted by atomic mass is 19.1. The van der Waals surface area contributed by atoms with E-state index in [1.165, 1.54) is 6.07 Å². The second-order valence-corrected chi connectivity index (χ2v) is 4.16. The van der Waals surface area contributed by atoms with Crippen LogP contribution in [0.2, 0.25) is 0 Å². The van der Waals surface area contributed by atoms with E-state index in [4.69, 9.17) is 0 Å². The van der Waals surface area contributed by atoms with Gasteiger partial charge < -0.3 is 5.11 Å². The lowest BCUT2D eigenvalue weighted by Gasteiger charge is -2.33. The van der Waals surface area contributed by atoms with Crippen molar-refractivity contribution in [3.63, 3.8) is 0 Å². The van der Waals surface area contributed by atoms with Gasteiger partial charge in [0.1, 0.15) is 11.6 Å². The van der Waals surface area contributed by atoms with Crippen molar-refractivity contribution in [1.82, 2.24) is 0 Å². The number of aliphatic hydroxyl groups is 1. The SMILES string of the molecule is CCC1(O)CCCc2cc(F)cc(F)c21. The van der Waals surface area contributed by atoms with Gasteiger partial charge in [0.05, 0.1) is 5.60 Å². The van der Waals surface area contributed by atoms with Gasteiger partial charge in [0, 0.05) is 11.6 Å². The molecule has 1 aromatic carbocycles. The molecule has 1 nitrogen and oxygen atoms in total. The van der Waals surface area contributed by atoms with Crippen molar-refractivity contribution in [3.05, 3.63) is 34.9 Å². The summed E-state index contributed by atoms with van der Waals surface area (Å²) in [7, 11) is 0. The monoisotopic (exact) mass is 212 g/mol. The fourth-order valence-corrected chi connectivity index (χ4v) is 2.40. The Kier molecular flexibility index (Phi) is 2.51. The zero-order chi connectivity index (χ0) is 11.1. The Morgan fingerprint density at radius 1 is 1.40 bits per heavy atom. The van der Waals surface area contributed by atoms with Gasteiger partial charge >= 0.3 is 0 Å². The molecule has 0 aliphatic heterocycles. The summed E-state index contributed by atoms with van der Waals surface area (Å²) in [6.45, 7) is 1.82. The summed E-state index contributed by atoms with van der Waals surface area (Å²) in [5.74, 6) is -1.18. The fourth-order valence-electron chi connectivity index (χ4n) is 2.40. The molecule has 0 aromatic heterocycles. The minimum atomic E-state index is -1.11. The average Bonchev–Trinajstić information content (AvgIpc) is 2.16. The molecular formula is C12H14F2O. The van der Waals surface area contributed by atoms with Crippen molar-refractivity contribution in [2.24, 2.45) is 0 Å². The van der Waals surface area contributed by atoms with Crippen LogP contribution >= 0.6 is 0 Å². The molecule has 3 heteroatoms. The third kappa shape index (κ3) is 1.65. The number of hydrogen-bond donors (Lipinski definition) is 1. The second-order valence-electron chi connectivity index (χ2n) is 4.16. The molecule has 0 saturated heterocycles. The maximum absolute atomic E-state index is 13.6. The van der Waals surface area contributed by atoms with E-state index in [0.29, 0.717) is 30.4 Å². The van der Waals surface area contributed by atoms with Crippen molar-refractivity contribution in [3.8, 4) is 0 Å². The van der Waals surface area contributed by atoms with E-state index >= 15 is 0 Å². The van der Waals surface area contributed by atoms with Crippen LogP contribution in [0.3, 0.4) is 0 Å². The van der Waals surface area contributed by atoms with Gasteiger partial charge in [-0.1, -0.05) is 6.92 Å². The molecule has 0 bridgehead atoms. The van der Waals surface area contributed by atoms with E-state index in [9.17, 15) is 13.9 Å². The molecule has 1 unspecified atom stereocenters. The molecule has 0 amide bonds. The van der Waals surface area contributed by atoms with E-state index in [-0.39, 0.29) is 0 Å². The Labute approximate surface area is 87.7 Å². The third-order valence-electron chi connectivity index (χ3n) is 3.22. The molecule has 15 heavy (non-hydrogen) atoms. The van der Waals surface area contributed by atoms with Crippen LogP contribution in [0.5, 0.6) is 0 Å². The van der Waals surface area contributed by atoms with Gasteiger partial charge in [0.25, 0.3) is 0 Å². The molecule has 1 N–H and O–H groups in total. The van der Waals surface area contributed by atoms with Crippen molar-refractivity contribution >= 4 is 0 Å². The molecular weight excluding hydrogens is 198 g/mol. The topological polar surface area (TPSA) is 20.2 Å². The zero-order valence-corrected chi connectivity index (χ0v) is 8.69. The Morgan fingerprint density at radius 2 is 2.13 bits per heavy atom. The van der Waals surface area contributed by atoms with Gasteiger partial charge in [-0.05, 0) is 37.3 Å². The van der Waals surface area contributed by atoms with Crippen molar-refractivity contribution in [1.29, 1.82) is 0 Å². The maximum atomic E-state index is 13.6. The van der Waals surface area contributed by atoms with Crippen molar-refractivity contribution in [2.75, 3.05) is 0 Å². The van der Waals surface area contributed by atoms with Crippen LogP contribution in [-0.2, 0) is 12.0 Å². The zero-order valence-electron chi connectivity index (χ0n) is 8.69. The Morgan fingerprint density at radius 3 is 2.80 bits per heavy atom. The van der Waals surface area contributed by atoms with Gasteiger partial charge in [-0.25, -0.2) is 8.78 Å². The molecule has 0 spiro atoms. The number of fused-ring (bicyclic) bond motifs is 1. The summed E-state index contributed by atoms with van der Waals surface area (Å²) < 4.78 is 26.6. The van der Waals surface area contributed by atoms with Crippen LogP contribution in [-0.4, -0.2) is 5.11 Å². The summed E-state index contributed by atoms with van der Waals surface area (Å²) in [6, 6.07) is 2.18. The lowest BCUT2D eigenvalue weighted by atomic mass is 9.77. The molecule has 0 saturated carbocycles. The van der Waals surface area contributed by atoms with Gasteiger partial charge in [-0.15, -0.1) is 0 Å². The number of benzene rings is 1. The van der Waals surface area contributed by atoms with Crippen LogP contribution in [0, 0.1) is 11.6 Å². The van der Waals surface area contributed by atoms with Crippen molar-refractivity contribution in [2.45, 2.75) is 38.2 Å². The summed E-state index contributed by atoms with van der Waals surface area (Å²) in [4.78, 5) is 0. The van der Waals surface area contributed by atoms with E-state index in [1.807, 2.05) is 6.92 Å². The first-order valence-corrected chi connectivity index (χ1v) is 5.27. The molecule has 0 radical (unpaired) electrons. The highest BCUT2D eigenvalue weighted by Gasteiger charge is 2.35. The molecule has 0 heterocycles. The standard InChI is InChI=1S/C12H14F2O/c1-2-12(15)5-3-4-8-6-9(13)7-10(14)11(8)12/h6-7,15H,2-5H2,1H3. The highest BCUT2D eigenvalue weighted by Crippen LogP contribution is 2.39. The first kappa shape index (κ1) is 10.6. The quantitative estimate of drug-likeness (QED) is 0.758. The van der Waals surface area contributed by atoms with Crippen LogP contribution in [0.4, 0.5) is 8.78 Å². The Hall–Kier alpha value is -0.960. The molecule has 1 aliphatic carbocycles. The molecule has 1 aromatic rings. The predicted octanol–water partition coefficient (Wildman–Crippen LogP) is 2.90. The fraction of sp³-hybridized carbons (Fsp3) is 0.500. The van der Waals surface area contributed by atoms with Gasteiger partial charge in [-0.3, -0.25) is 0 Å². The Bertz CT molecular complexity index is 389. The average molecular weight is 212 g/mol. The van der Waals surface area contributed by atoms with Crippen LogP contribution < -0.4 is 0 Å². The van der Waals surface area contributed by atoms with E-state index in [2.05, 4.69) is 0 Å². The third-order valence-corrected chi connectivity index (χ3v) is 3.22. The first-order chi connectivity index (χ1) is 7.07. The van der Waals surface area contributed by atoms with Crippen LogP contribution in [0.15, 0.2) is 12.1 Å². The minimum absolute atomic E-state index is 0.303. The summed E-state index contributed by atoms with van der Waals surface area (Å²) in [6.07, 6.45) is 2.44. The second kappa shape index (κ2) is 3.56. The lowest BCUT2D eigenvalue weighted by molar-refractivity contribution is 0.0111. The van der Waals surface area contributed by atoms with Crippen LogP contribution in [0.1, 0.15) is 37.3 Å². The molecule has 2 rings (SSSR count). The summed E-state index contributed by atoms with van der Waals surface area (Å²) in [5, 5.41) is 10.2. The van der Waals surface area contributed by atoms with Gasteiger partial charge in [0.15, 0.2) is 0 Å². The van der Waals surface area contributed by atoms with Crippen LogP contribution in [0.25, 0.3) is 0 Å². The van der Waals surface area contributed by atoms with E-state index in [1.54, 1.807) is 0 Å². The van der Waals surface area contributed by atoms with E-state index in [0.717, 1.165) is 12.5 Å². The largest absolute Gasteiger partial charge is 0.385 e. The lowest BCUT2D eigenvalue weighted by Crippen LogP contribution is -2.31. The molecule has 82 valence electrons. The minimum Gasteiger partial charge on any atom is -0.385 e. The van der Waals surface area contributed by atoms with Crippen molar-refractivity contribution < 1.29 is 13.9 Å². The number of aryl methyl sites for hydroxylation is 1.